The zero-order valence-corrected chi connectivity index (χ0v) is 24.6. The molecule has 1 unspecified atom stereocenters. The molecule has 0 radical (unpaired) electrons. The van der Waals surface area contributed by atoms with Crippen molar-refractivity contribution in [2.45, 2.75) is 50.7 Å². The summed E-state index contributed by atoms with van der Waals surface area (Å²) >= 11 is 6.15. The summed E-state index contributed by atoms with van der Waals surface area (Å²) in [5, 5.41) is 3.32. The van der Waals surface area contributed by atoms with Crippen LogP contribution in [-0.4, -0.2) is 50.4 Å². The summed E-state index contributed by atoms with van der Waals surface area (Å²) in [5.74, 6) is -1.16. The van der Waals surface area contributed by atoms with E-state index in [0.717, 1.165) is 16.4 Å². The first-order valence-electron chi connectivity index (χ1n) is 12.5. The van der Waals surface area contributed by atoms with E-state index < -0.39 is 45.8 Å². The van der Waals surface area contributed by atoms with Gasteiger partial charge in [0.1, 0.15) is 24.2 Å². The molecule has 2 amide bonds. The van der Waals surface area contributed by atoms with E-state index in [1.807, 2.05) is 20.8 Å². The second kappa shape index (κ2) is 12.7. The Balaban J connectivity index is 2.03. The quantitative estimate of drug-likeness (QED) is 0.358. The van der Waals surface area contributed by atoms with Crippen LogP contribution < -0.4 is 14.4 Å². The van der Waals surface area contributed by atoms with Crippen molar-refractivity contribution in [3.8, 4) is 5.75 Å². The van der Waals surface area contributed by atoms with Gasteiger partial charge in [-0.2, -0.15) is 0 Å². The lowest BCUT2D eigenvalue weighted by atomic mass is 10.1. The predicted molar refractivity (Wildman–Crippen MR) is 153 cm³/mol. The maximum absolute atomic E-state index is 13.9. The molecule has 3 aromatic rings. The third-order valence-corrected chi connectivity index (χ3v) is 7.97. The van der Waals surface area contributed by atoms with Gasteiger partial charge in [-0.15, -0.1) is 0 Å². The van der Waals surface area contributed by atoms with Crippen molar-refractivity contribution in [2.75, 3.05) is 18.0 Å². The lowest BCUT2D eigenvalue weighted by molar-refractivity contribution is -0.140. The van der Waals surface area contributed by atoms with Crippen LogP contribution in [0.2, 0.25) is 5.02 Å². The van der Waals surface area contributed by atoms with Crippen LogP contribution in [-0.2, 0) is 26.2 Å². The number of nitrogens with zero attached hydrogens (tertiary/aromatic N) is 2. The number of carbonyl (C=O) groups is 2. The van der Waals surface area contributed by atoms with Crippen LogP contribution >= 0.6 is 11.6 Å². The van der Waals surface area contributed by atoms with Crippen LogP contribution in [0.25, 0.3) is 0 Å². The largest absolute Gasteiger partial charge is 0.497 e. The van der Waals surface area contributed by atoms with Gasteiger partial charge < -0.3 is 15.0 Å². The summed E-state index contributed by atoms with van der Waals surface area (Å²) < 4.78 is 47.3. The lowest BCUT2D eigenvalue weighted by Gasteiger charge is -2.33. The molecule has 0 heterocycles. The molecule has 1 N–H and O–H groups in total. The fraction of sp³-hybridized carbons (Fsp3) is 0.310. The fourth-order valence-corrected chi connectivity index (χ4v) is 5.53. The average Bonchev–Trinajstić information content (AvgIpc) is 2.89. The summed E-state index contributed by atoms with van der Waals surface area (Å²) in [6.45, 7) is 6.38. The van der Waals surface area contributed by atoms with E-state index in [4.69, 9.17) is 16.3 Å². The molecule has 0 saturated heterocycles. The number of amides is 2. The number of hydrogen-bond acceptors (Lipinski definition) is 5. The normalized spacial score (nSPS) is 12.4. The molecule has 0 bridgehead atoms. The molecule has 0 aliphatic rings. The van der Waals surface area contributed by atoms with Gasteiger partial charge in [0, 0.05) is 17.1 Å². The topological polar surface area (TPSA) is 96.0 Å². The van der Waals surface area contributed by atoms with Crippen LogP contribution in [0.1, 0.15) is 33.3 Å². The molecule has 0 aliphatic carbocycles. The molecule has 8 nitrogen and oxygen atoms in total. The Morgan fingerprint density at radius 3 is 2.20 bits per heavy atom. The first-order valence-corrected chi connectivity index (χ1v) is 14.3. The molecule has 40 heavy (non-hydrogen) atoms. The molecular weight excluding hydrogens is 557 g/mol. The first-order chi connectivity index (χ1) is 18.7. The van der Waals surface area contributed by atoms with Crippen molar-refractivity contribution in [2.24, 2.45) is 0 Å². The van der Waals surface area contributed by atoms with E-state index in [0.29, 0.717) is 16.3 Å². The average molecular weight is 590 g/mol. The highest BCUT2D eigenvalue weighted by atomic mass is 35.5. The number of ether oxygens (including phenoxy) is 1. The Morgan fingerprint density at radius 2 is 1.65 bits per heavy atom. The van der Waals surface area contributed by atoms with E-state index >= 15 is 0 Å². The third-order valence-electron chi connectivity index (χ3n) is 5.95. The molecule has 0 aliphatic heterocycles. The highest BCUT2D eigenvalue weighted by Crippen LogP contribution is 2.26. The van der Waals surface area contributed by atoms with E-state index in [-0.39, 0.29) is 17.1 Å². The number of carbonyl (C=O) groups excluding carboxylic acids is 2. The summed E-state index contributed by atoms with van der Waals surface area (Å²) in [4.78, 5) is 28.2. The summed E-state index contributed by atoms with van der Waals surface area (Å²) in [6.07, 6.45) is 0. The van der Waals surface area contributed by atoms with Crippen LogP contribution in [0.4, 0.5) is 10.1 Å². The molecule has 0 saturated carbocycles. The highest BCUT2D eigenvalue weighted by molar-refractivity contribution is 7.92. The lowest BCUT2D eigenvalue weighted by Crippen LogP contribution is -2.54. The first kappa shape index (κ1) is 30.9. The van der Waals surface area contributed by atoms with Crippen LogP contribution in [0.5, 0.6) is 5.75 Å². The smallest absolute Gasteiger partial charge is 0.264 e. The van der Waals surface area contributed by atoms with Crippen molar-refractivity contribution in [1.29, 1.82) is 0 Å². The Morgan fingerprint density at radius 1 is 1.02 bits per heavy atom. The van der Waals surface area contributed by atoms with E-state index in [9.17, 15) is 22.4 Å². The van der Waals surface area contributed by atoms with Gasteiger partial charge in [0.2, 0.25) is 11.8 Å². The van der Waals surface area contributed by atoms with Gasteiger partial charge in [-0.05, 0) is 93.9 Å². The Labute approximate surface area is 239 Å². The van der Waals surface area contributed by atoms with Gasteiger partial charge in [0.05, 0.1) is 17.7 Å². The summed E-state index contributed by atoms with van der Waals surface area (Å²) in [6, 6.07) is 16.4. The Bertz CT molecular complexity index is 1440. The number of anilines is 1. The second-order valence-electron chi connectivity index (χ2n) is 10.2. The maximum Gasteiger partial charge on any atom is 0.264 e. The number of hydrogen-bond donors (Lipinski definition) is 1. The van der Waals surface area contributed by atoms with Crippen molar-refractivity contribution in [3.05, 3.63) is 89.2 Å². The van der Waals surface area contributed by atoms with Gasteiger partial charge in [-0.3, -0.25) is 13.9 Å². The molecule has 3 rings (SSSR count). The third kappa shape index (κ3) is 7.95. The van der Waals surface area contributed by atoms with Crippen LogP contribution in [0, 0.1) is 5.82 Å². The SMILES string of the molecule is COc1ccc(S(=O)(=O)N(CC(=O)N(Cc2cccc(Cl)c2)C(C)C(=O)NC(C)(C)C)c2ccc(F)cc2)cc1. The highest BCUT2D eigenvalue weighted by Gasteiger charge is 2.33. The number of nitrogens with one attached hydrogen (secondary N) is 1. The molecule has 1 atom stereocenters. The van der Waals surface area contributed by atoms with Crippen LogP contribution in [0.3, 0.4) is 0 Å². The molecule has 11 heteroatoms. The Kier molecular flexibility index (Phi) is 9.81. The minimum Gasteiger partial charge on any atom is -0.497 e. The minimum atomic E-state index is -4.29. The second-order valence-corrected chi connectivity index (χ2v) is 12.5. The number of benzene rings is 3. The summed E-state index contributed by atoms with van der Waals surface area (Å²) in [5.41, 5.74) is 0.177. The molecule has 0 spiro atoms. The van der Waals surface area contributed by atoms with Crippen LogP contribution in [0.15, 0.2) is 77.7 Å². The minimum absolute atomic E-state index is 0.00202. The van der Waals surface area contributed by atoms with Gasteiger partial charge in [0.15, 0.2) is 0 Å². The Hall–Kier alpha value is -3.63. The zero-order chi connectivity index (χ0) is 29.7. The summed E-state index contributed by atoms with van der Waals surface area (Å²) in [7, 11) is -2.83. The standard InChI is InChI=1S/C29H33ClFN3O5S/c1-20(28(36)32-29(2,3)4)33(18-21-7-6-8-22(30)17-21)27(35)19-34(24-11-9-23(31)10-12-24)40(37,38)26-15-13-25(39-5)14-16-26/h6-17,20H,18-19H2,1-5H3,(H,32,36). The predicted octanol–water partition coefficient (Wildman–Crippen LogP) is 5.02. The number of halogens is 2. The van der Waals surface area contributed by atoms with E-state index in [2.05, 4.69) is 5.32 Å². The number of methoxy groups -OCH3 is 1. The van der Waals surface area contributed by atoms with Gasteiger partial charge >= 0.3 is 0 Å². The monoisotopic (exact) mass is 589 g/mol. The molecule has 0 fully saturated rings. The number of sulfonamides is 1. The maximum atomic E-state index is 13.9. The van der Waals surface area contributed by atoms with Gasteiger partial charge in [-0.25, -0.2) is 12.8 Å². The van der Waals surface area contributed by atoms with Gasteiger partial charge in [-0.1, -0.05) is 23.7 Å². The van der Waals surface area contributed by atoms with Crippen molar-refractivity contribution >= 4 is 39.1 Å². The number of rotatable bonds is 10. The van der Waals surface area contributed by atoms with Crippen molar-refractivity contribution in [3.63, 3.8) is 0 Å². The van der Waals surface area contributed by atoms with Crippen molar-refractivity contribution in [1.82, 2.24) is 10.2 Å². The van der Waals surface area contributed by atoms with E-state index in [1.54, 1.807) is 31.2 Å². The molecular formula is C29H33ClFN3O5S. The zero-order valence-electron chi connectivity index (χ0n) is 23.0. The molecule has 0 aromatic heterocycles. The van der Waals surface area contributed by atoms with Gasteiger partial charge in [0.25, 0.3) is 10.0 Å². The van der Waals surface area contributed by atoms with E-state index in [1.165, 1.54) is 48.4 Å². The fourth-order valence-electron chi connectivity index (χ4n) is 3.90. The van der Waals surface area contributed by atoms with Crippen molar-refractivity contribution < 1.29 is 27.1 Å². The molecule has 214 valence electrons. The molecule has 3 aromatic carbocycles.